The van der Waals surface area contributed by atoms with Crippen LogP contribution in [0.5, 0.6) is 5.75 Å². The highest BCUT2D eigenvalue weighted by atomic mass is 32.1. The third kappa shape index (κ3) is 3.34. The van der Waals surface area contributed by atoms with Crippen molar-refractivity contribution in [1.29, 1.82) is 0 Å². The lowest BCUT2D eigenvalue weighted by atomic mass is 10.0. The number of aromatic nitrogens is 1. The maximum Gasteiger partial charge on any atom is 0.438 e. The molecule has 0 aliphatic carbocycles. The summed E-state index contributed by atoms with van der Waals surface area (Å²) >= 11 is 0.857. The predicted molar refractivity (Wildman–Crippen MR) is 100 cm³/mol. The number of halogens is 4. The van der Waals surface area contributed by atoms with E-state index in [1.807, 2.05) is 0 Å². The molecule has 3 aromatic rings. The fraction of sp³-hybridized carbons (Fsp3) is 0.158. The molecule has 150 valence electrons. The Morgan fingerprint density at radius 2 is 1.76 bits per heavy atom. The van der Waals surface area contributed by atoms with E-state index in [9.17, 15) is 27.8 Å². The minimum atomic E-state index is -5.04. The molecule has 1 atom stereocenters. The van der Waals surface area contributed by atoms with Gasteiger partial charge < -0.3 is 10.2 Å². The van der Waals surface area contributed by atoms with Crippen LogP contribution in [-0.2, 0) is 0 Å². The van der Waals surface area contributed by atoms with Gasteiger partial charge in [0.15, 0.2) is 0 Å². The summed E-state index contributed by atoms with van der Waals surface area (Å²) < 4.78 is 54.4. The molecular weight excluding hydrogens is 410 g/mol. The van der Waals surface area contributed by atoms with E-state index in [1.54, 1.807) is 6.07 Å². The van der Waals surface area contributed by atoms with Crippen LogP contribution in [0.15, 0.2) is 59.0 Å². The standard InChI is InChI=1S/C19H13F4N3O2S/c20-12-7-5-11(6-8-12)15-10-29-17(24-15)26-18(28,19(21,22)23)9-14(25-26)13-3-1-2-4-16(13)27/h1-8,10,27-28H,9H2/t18-/m1/s1. The quantitative estimate of drug-likeness (QED) is 0.608. The number of aliphatic hydroxyl groups is 1. The number of anilines is 1. The summed E-state index contributed by atoms with van der Waals surface area (Å²) in [6.45, 7) is 0. The number of rotatable bonds is 3. The van der Waals surface area contributed by atoms with Crippen LogP contribution < -0.4 is 5.01 Å². The second-order valence-corrected chi connectivity index (χ2v) is 7.23. The van der Waals surface area contributed by atoms with Crippen molar-refractivity contribution in [1.82, 2.24) is 4.98 Å². The molecule has 5 nitrogen and oxygen atoms in total. The maximum absolute atomic E-state index is 13.8. The van der Waals surface area contributed by atoms with Crippen molar-refractivity contribution in [2.45, 2.75) is 18.3 Å². The van der Waals surface area contributed by atoms with Crippen molar-refractivity contribution in [3.05, 3.63) is 65.3 Å². The summed E-state index contributed by atoms with van der Waals surface area (Å²) in [5, 5.41) is 26.1. The number of hydrazone groups is 1. The van der Waals surface area contributed by atoms with E-state index in [0.29, 0.717) is 16.3 Å². The van der Waals surface area contributed by atoms with Gasteiger partial charge >= 0.3 is 6.18 Å². The van der Waals surface area contributed by atoms with E-state index in [0.717, 1.165) is 11.3 Å². The van der Waals surface area contributed by atoms with Gasteiger partial charge in [0, 0.05) is 16.5 Å². The summed E-state index contributed by atoms with van der Waals surface area (Å²) in [5.41, 5.74) is -2.52. The molecule has 0 saturated heterocycles. The third-order valence-corrected chi connectivity index (χ3v) is 5.28. The number of hydrogen-bond acceptors (Lipinski definition) is 6. The molecule has 2 aromatic carbocycles. The molecule has 10 heteroatoms. The molecule has 0 spiro atoms. The van der Waals surface area contributed by atoms with Gasteiger partial charge in [0.2, 0.25) is 5.13 Å². The number of aromatic hydroxyl groups is 1. The smallest absolute Gasteiger partial charge is 0.438 e. The highest BCUT2D eigenvalue weighted by Gasteiger charge is 2.62. The fourth-order valence-corrected chi connectivity index (χ4v) is 3.80. The first-order chi connectivity index (χ1) is 13.7. The van der Waals surface area contributed by atoms with Crippen LogP contribution in [0.4, 0.5) is 22.7 Å². The van der Waals surface area contributed by atoms with E-state index in [2.05, 4.69) is 10.1 Å². The molecule has 0 fully saturated rings. The van der Waals surface area contributed by atoms with Crippen LogP contribution >= 0.6 is 11.3 Å². The number of hydrogen-bond donors (Lipinski definition) is 2. The number of phenols is 1. The monoisotopic (exact) mass is 423 g/mol. The van der Waals surface area contributed by atoms with Gasteiger partial charge in [-0.3, -0.25) is 0 Å². The summed E-state index contributed by atoms with van der Waals surface area (Å²) in [7, 11) is 0. The van der Waals surface area contributed by atoms with Crippen LogP contribution in [0.1, 0.15) is 12.0 Å². The molecule has 0 radical (unpaired) electrons. The number of thiazole rings is 1. The lowest BCUT2D eigenvalue weighted by molar-refractivity contribution is -0.254. The van der Waals surface area contributed by atoms with Gasteiger partial charge in [-0.05, 0) is 36.4 Å². The molecule has 0 unspecified atom stereocenters. The van der Waals surface area contributed by atoms with Gasteiger partial charge in [0.05, 0.1) is 17.8 Å². The lowest BCUT2D eigenvalue weighted by Gasteiger charge is -2.32. The summed E-state index contributed by atoms with van der Waals surface area (Å²) in [6, 6.07) is 11.1. The lowest BCUT2D eigenvalue weighted by Crippen LogP contribution is -2.55. The van der Waals surface area contributed by atoms with Crippen LogP contribution in [0.2, 0.25) is 0 Å². The van der Waals surface area contributed by atoms with E-state index >= 15 is 0 Å². The van der Waals surface area contributed by atoms with Crippen LogP contribution in [-0.4, -0.2) is 32.8 Å². The Bertz CT molecular complexity index is 1080. The number of phenolic OH excluding ortho intramolecular Hbond substituents is 1. The van der Waals surface area contributed by atoms with Gasteiger partial charge in [-0.15, -0.1) is 11.3 Å². The molecular formula is C19H13F4N3O2S. The second kappa shape index (κ2) is 6.82. The van der Waals surface area contributed by atoms with Crippen molar-refractivity contribution < 1.29 is 27.8 Å². The zero-order valence-corrected chi connectivity index (χ0v) is 15.4. The summed E-state index contributed by atoms with van der Waals surface area (Å²) in [5.74, 6) is -0.698. The molecule has 0 amide bonds. The largest absolute Gasteiger partial charge is 0.507 e. The third-order valence-electron chi connectivity index (χ3n) is 4.47. The van der Waals surface area contributed by atoms with Gasteiger partial charge in [-0.2, -0.15) is 23.3 Å². The van der Waals surface area contributed by atoms with Crippen molar-refractivity contribution in [3.63, 3.8) is 0 Å². The van der Waals surface area contributed by atoms with E-state index < -0.39 is 24.1 Å². The fourth-order valence-electron chi connectivity index (χ4n) is 2.95. The molecule has 4 rings (SSSR count). The zero-order chi connectivity index (χ0) is 20.8. The van der Waals surface area contributed by atoms with Gasteiger partial charge in [-0.1, -0.05) is 12.1 Å². The van der Waals surface area contributed by atoms with Gasteiger partial charge in [0.25, 0.3) is 5.72 Å². The van der Waals surface area contributed by atoms with Crippen molar-refractivity contribution in [2.24, 2.45) is 5.10 Å². The number of para-hydroxylation sites is 1. The zero-order valence-electron chi connectivity index (χ0n) is 14.6. The van der Waals surface area contributed by atoms with Gasteiger partial charge in [-0.25, -0.2) is 9.37 Å². The Morgan fingerprint density at radius 3 is 2.41 bits per heavy atom. The van der Waals surface area contributed by atoms with E-state index in [-0.39, 0.29) is 22.2 Å². The van der Waals surface area contributed by atoms with Crippen molar-refractivity contribution in [3.8, 4) is 17.0 Å². The normalized spacial score (nSPS) is 19.5. The minimum absolute atomic E-state index is 0.0907. The van der Waals surface area contributed by atoms with Crippen LogP contribution in [0.3, 0.4) is 0 Å². The first-order valence-corrected chi connectivity index (χ1v) is 9.24. The Balaban J connectivity index is 1.77. The first kappa shape index (κ1) is 19.3. The number of benzene rings is 2. The number of nitrogens with zero attached hydrogens (tertiary/aromatic N) is 3. The minimum Gasteiger partial charge on any atom is -0.507 e. The first-order valence-electron chi connectivity index (χ1n) is 8.36. The number of alkyl halides is 3. The predicted octanol–water partition coefficient (Wildman–Crippen LogP) is 4.52. The summed E-state index contributed by atoms with van der Waals surface area (Å²) in [4.78, 5) is 4.14. The molecule has 2 N–H and O–H groups in total. The Labute approximate surface area is 166 Å². The van der Waals surface area contributed by atoms with Crippen molar-refractivity contribution in [2.75, 3.05) is 5.01 Å². The van der Waals surface area contributed by atoms with E-state index in [1.165, 1.54) is 47.8 Å². The molecule has 29 heavy (non-hydrogen) atoms. The molecule has 0 saturated carbocycles. The highest BCUT2D eigenvalue weighted by Crippen LogP contribution is 2.45. The molecule has 1 aliphatic rings. The second-order valence-electron chi connectivity index (χ2n) is 6.39. The van der Waals surface area contributed by atoms with Crippen LogP contribution in [0, 0.1) is 5.82 Å². The SMILES string of the molecule is Oc1ccccc1C1=NN(c2nc(-c3ccc(F)cc3)cs2)[C@](O)(C(F)(F)F)C1. The maximum atomic E-state index is 13.8. The van der Waals surface area contributed by atoms with Crippen LogP contribution in [0.25, 0.3) is 11.3 Å². The summed E-state index contributed by atoms with van der Waals surface area (Å²) in [6.07, 6.45) is -5.91. The highest BCUT2D eigenvalue weighted by molar-refractivity contribution is 7.14. The molecule has 1 aliphatic heterocycles. The Kier molecular flexibility index (Phi) is 4.55. The van der Waals surface area contributed by atoms with Gasteiger partial charge in [0.1, 0.15) is 11.6 Å². The molecule has 1 aromatic heterocycles. The van der Waals surface area contributed by atoms with Crippen molar-refractivity contribution >= 4 is 22.2 Å². The average molecular weight is 423 g/mol. The Morgan fingerprint density at radius 1 is 1.07 bits per heavy atom. The topological polar surface area (TPSA) is 69.0 Å². The average Bonchev–Trinajstić information content (AvgIpc) is 3.28. The van der Waals surface area contributed by atoms with E-state index in [4.69, 9.17) is 0 Å². The molecule has 2 heterocycles. The molecule has 0 bridgehead atoms. The Hall–Kier alpha value is -2.98.